The molecular weight excluding hydrogens is 202 g/mol. The highest BCUT2D eigenvalue weighted by molar-refractivity contribution is 8.16. The molecule has 0 fully saturated rings. The third-order valence-electron chi connectivity index (χ3n) is 0.799. The van der Waals surface area contributed by atoms with Crippen LogP contribution in [0.5, 0.6) is 0 Å². The molecule has 0 aromatic carbocycles. The van der Waals surface area contributed by atoms with Gasteiger partial charge in [0.2, 0.25) is 5.12 Å². The Hall–Kier alpha value is 0.630. The Morgan fingerprint density at radius 1 is 1.44 bits per heavy atom. The molecule has 0 saturated carbocycles. The van der Waals surface area contributed by atoms with Gasteiger partial charge >= 0.3 is 0 Å². The second-order valence-corrected chi connectivity index (χ2v) is 3.94. The normalized spacial score (nSPS) is 27.9. The van der Waals surface area contributed by atoms with Gasteiger partial charge in [-0.15, -0.1) is 11.6 Å². The topological polar surface area (TPSA) is 17.1 Å². The predicted molar refractivity (Wildman–Crippen MR) is 41.0 cm³/mol. The van der Waals surface area contributed by atoms with Gasteiger partial charge in [-0.2, -0.15) is 0 Å². The van der Waals surface area contributed by atoms with Crippen LogP contribution < -0.4 is 0 Å². The zero-order chi connectivity index (χ0) is 7.02. The van der Waals surface area contributed by atoms with E-state index in [0.29, 0.717) is 0 Å². The second-order valence-electron chi connectivity index (χ2n) is 1.38. The van der Waals surface area contributed by atoms with Crippen molar-refractivity contribution in [2.75, 3.05) is 0 Å². The molecule has 0 aromatic heterocycles. The molecule has 1 aliphatic rings. The molecule has 1 heterocycles. The van der Waals surface area contributed by atoms with Gasteiger partial charge in [-0.05, 0) is 0 Å². The van der Waals surface area contributed by atoms with Crippen LogP contribution in [-0.2, 0) is 4.79 Å². The van der Waals surface area contributed by atoms with Crippen LogP contribution in [0.2, 0.25) is 0 Å². The maximum Gasteiger partial charge on any atom is 0.233 e. The van der Waals surface area contributed by atoms with Gasteiger partial charge in [0.1, 0.15) is 9.74 Å². The first-order valence-electron chi connectivity index (χ1n) is 2.03. The van der Waals surface area contributed by atoms with Crippen LogP contribution >= 0.6 is 46.6 Å². The highest BCUT2D eigenvalue weighted by atomic mass is 35.5. The zero-order valence-electron chi connectivity index (χ0n) is 4.03. The number of thioether (sulfide) groups is 1. The first kappa shape index (κ1) is 7.73. The lowest BCUT2D eigenvalue weighted by Gasteiger charge is -1.91. The third kappa shape index (κ3) is 1.37. The Bertz CT molecular complexity index is 188. The average Bonchev–Trinajstić information content (AvgIpc) is 1.98. The van der Waals surface area contributed by atoms with E-state index in [4.69, 9.17) is 34.8 Å². The summed E-state index contributed by atoms with van der Waals surface area (Å²) in [5.41, 5.74) is 0. The Morgan fingerprint density at radius 2 is 2.00 bits per heavy atom. The summed E-state index contributed by atoms with van der Waals surface area (Å²) in [5.74, 6) is 0. The van der Waals surface area contributed by atoms with Crippen molar-refractivity contribution in [3.05, 3.63) is 10.1 Å². The summed E-state index contributed by atoms with van der Waals surface area (Å²) in [6.07, 6.45) is 0. The van der Waals surface area contributed by atoms with E-state index >= 15 is 0 Å². The van der Waals surface area contributed by atoms with Crippen LogP contribution in [0.1, 0.15) is 0 Å². The molecule has 0 amide bonds. The van der Waals surface area contributed by atoms with E-state index in [2.05, 4.69) is 0 Å². The summed E-state index contributed by atoms with van der Waals surface area (Å²) < 4.78 is -0.480. The van der Waals surface area contributed by atoms with E-state index in [0.717, 1.165) is 11.8 Å². The average molecular weight is 203 g/mol. The minimum absolute atomic E-state index is 0.0571. The van der Waals surface area contributed by atoms with Crippen molar-refractivity contribution in [3.8, 4) is 0 Å². The fourth-order valence-corrected chi connectivity index (χ4v) is 2.01. The Labute approximate surface area is 71.3 Å². The molecule has 1 aliphatic heterocycles. The second kappa shape index (κ2) is 2.70. The van der Waals surface area contributed by atoms with Gasteiger partial charge < -0.3 is 0 Å². The van der Waals surface area contributed by atoms with Crippen molar-refractivity contribution >= 4 is 51.7 Å². The fraction of sp³-hybridized carbons (Fsp3) is 0.250. The first-order chi connectivity index (χ1) is 4.13. The molecule has 5 heteroatoms. The van der Waals surface area contributed by atoms with Crippen molar-refractivity contribution in [1.82, 2.24) is 0 Å². The summed E-state index contributed by atoms with van der Waals surface area (Å²) >= 11 is 17.3. The van der Waals surface area contributed by atoms with E-state index in [-0.39, 0.29) is 15.2 Å². The molecule has 1 atom stereocenters. The lowest BCUT2D eigenvalue weighted by Crippen LogP contribution is -1.83. The van der Waals surface area contributed by atoms with Crippen molar-refractivity contribution in [1.29, 1.82) is 0 Å². The molecule has 1 nitrogen and oxygen atoms in total. The molecule has 0 bridgehead atoms. The van der Waals surface area contributed by atoms with Gasteiger partial charge in [-0.1, -0.05) is 35.0 Å². The highest BCUT2D eigenvalue weighted by Crippen LogP contribution is 2.40. The number of halogens is 3. The molecule has 0 N–H and O–H groups in total. The molecule has 0 aromatic rings. The van der Waals surface area contributed by atoms with Crippen LogP contribution in [0.15, 0.2) is 10.1 Å². The van der Waals surface area contributed by atoms with Gasteiger partial charge in [0.05, 0.1) is 5.03 Å². The number of alkyl halides is 1. The van der Waals surface area contributed by atoms with E-state index in [1.54, 1.807) is 0 Å². The summed E-state index contributed by atoms with van der Waals surface area (Å²) in [5, 5.41) is 0.0525. The van der Waals surface area contributed by atoms with Crippen LogP contribution in [-0.4, -0.2) is 9.82 Å². The SMILES string of the molecule is O=C1SC(Cl)C(Cl)=C1Cl. The van der Waals surface area contributed by atoms with Gasteiger partial charge in [-0.3, -0.25) is 4.79 Å². The predicted octanol–water partition coefficient (Wildman–Crippen LogP) is 2.51. The maximum absolute atomic E-state index is 10.6. The molecular formula is C4HCl3OS. The summed E-state index contributed by atoms with van der Waals surface area (Å²) in [6.45, 7) is 0. The number of hydrogen-bond acceptors (Lipinski definition) is 2. The van der Waals surface area contributed by atoms with Gasteiger partial charge in [0.15, 0.2) is 0 Å². The molecule has 0 saturated heterocycles. The van der Waals surface area contributed by atoms with Crippen molar-refractivity contribution in [2.24, 2.45) is 0 Å². The summed E-state index contributed by atoms with van der Waals surface area (Å²) in [6, 6.07) is 0. The van der Waals surface area contributed by atoms with E-state index in [9.17, 15) is 4.79 Å². The van der Waals surface area contributed by atoms with Crippen LogP contribution in [0.25, 0.3) is 0 Å². The van der Waals surface area contributed by atoms with Crippen LogP contribution in [0.4, 0.5) is 0 Å². The summed E-state index contributed by atoms with van der Waals surface area (Å²) in [4.78, 5) is 10.6. The van der Waals surface area contributed by atoms with Gasteiger partial charge in [0.25, 0.3) is 0 Å². The monoisotopic (exact) mass is 202 g/mol. The third-order valence-corrected chi connectivity index (χ3v) is 3.38. The van der Waals surface area contributed by atoms with Crippen molar-refractivity contribution in [2.45, 2.75) is 4.71 Å². The number of hydrogen-bond donors (Lipinski definition) is 0. The fourth-order valence-electron chi connectivity index (χ4n) is 0.395. The smallest absolute Gasteiger partial charge is 0.233 e. The quantitative estimate of drug-likeness (QED) is 0.563. The zero-order valence-corrected chi connectivity index (χ0v) is 7.11. The van der Waals surface area contributed by atoms with Crippen LogP contribution in [0.3, 0.4) is 0 Å². The Balaban J connectivity index is 2.92. The maximum atomic E-state index is 10.6. The largest absolute Gasteiger partial charge is 0.280 e. The number of rotatable bonds is 0. The van der Waals surface area contributed by atoms with Gasteiger partial charge in [-0.25, -0.2) is 0 Å². The highest BCUT2D eigenvalue weighted by Gasteiger charge is 2.29. The van der Waals surface area contributed by atoms with Crippen molar-refractivity contribution in [3.63, 3.8) is 0 Å². The van der Waals surface area contributed by atoms with E-state index in [1.807, 2.05) is 0 Å². The van der Waals surface area contributed by atoms with Gasteiger partial charge in [0, 0.05) is 0 Å². The lowest BCUT2D eigenvalue weighted by atomic mass is 10.5. The van der Waals surface area contributed by atoms with Crippen molar-refractivity contribution < 1.29 is 4.79 Å². The molecule has 9 heavy (non-hydrogen) atoms. The molecule has 0 spiro atoms. The molecule has 0 aliphatic carbocycles. The molecule has 0 radical (unpaired) electrons. The minimum Gasteiger partial charge on any atom is -0.280 e. The Morgan fingerprint density at radius 3 is 2.11 bits per heavy atom. The first-order valence-corrected chi connectivity index (χ1v) is 4.10. The van der Waals surface area contributed by atoms with E-state index in [1.165, 1.54) is 0 Å². The number of carbonyl (C=O) groups excluding carboxylic acids is 1. The minimum atomic E-state index is -0.480. The standard InChI is InChI=1S/C4HCl3OS/c5-1-2(6)4(8)9-3(1)7/h3H. The molecule has 1 unspecified atom stereocenters. The lowest BCUT2D eigenvalue weighted by molar-refractivity contribution is -0.107. The molecule has 50 valence electrons. The van der Waals surface area contributed by atoms with Crippen LogP contribution in [0, 0.1) is 0 Å². The van der Waals surface area contributed by atoms with E-state index < -0.39 is 4.71 Å². The Kier molecular flexibility index (Phi) is 2.32. The summed E-state index contributed by atoms with van der Waals surface area (Å²) in [7, 11) is 0. The molecule has 1 rings (SSSR count). The number of carbonyl (C=O) groups is 1.